The first-order valence-corrected chi connectivity index (χ1v) is 5.49. The molecular weight excluding hydrogens is 204 g/mol. The van der Waals surface area contributed by atoms with Gasteiger partial charge < -0.3 is 4.74 Å². The molecule has 15 heavy (non-hydrogen) atoms. The van der Waals surface area contributed by atoms with Crippen molar-refractivity contribution in [3.63, 3.8) is 0 Å². The highest BCUT2D eigenvalue weighted by Gasteiger charge is 2.02. The number of ether oxygens (including phenoxy) is 1. The molecule has 0 N–H and O–H groups in total. The van der Waals surface area contributed by atoms with E-state index in [0.717, 1.165) is 10.6 Å². The Morgan fingerprint density at radius 2 is 1.93 bits per heavy atom. The van der Waals surface area contributed by atoms with Crippen LogP contribution in [0.2, 0.25) is 0 Å². The monoisotopic (exact) mass is 215 g/mol. The molecule has 0 spiro atoms. The molecule has 2 aromatic carbocycles. The maximum Gasteiger partial charge on any atom is 0.133 e. The summed E-state index contributed by atoms with van der Waals surface area (Å²) < 4.78 is 5.27. The Hall–Kier alpha value is -1.41. The van der Waals surface area contributed by atoms with Crippen molar-refractivity contribution in [1.82, 2.24) is 0 Å². The van der Waals surface area contributed by atoms with E-state index in [2.05, 4.69) is 18.2 Å². The van der Waals surface area contributed by atoms with Crippen molar-refractivity contribution in [2.24, 2.45) is 0 Å². The van der Waals surface area contributed by atoms with Crippen LogP contribution in [0.15, 0.2) is 58.3 Å². The maximum atomic E-state index is 5.27. The van der Waals surface area contributed by atoms with Crippen LogP contribution in [0.4, 0.5) is 0 Å². The third-order valence-corrected chi connectivity index (χ3v) is 3.04. The lowest BCUT2D eigenvalue weighted by Gasteiger charge is -2.06. The van der Waals surface area contributed by atoms with Gasteiger partial charge in [0.15, 0.2) is 0 Å². The smallest absolute Gasteiger partial charge is 0.133 e. The standard InChI is InChI=1S/C13H11OS/c1-14-12-9-5-6-10-13(12)15-11-7-3-2-4-8-11/h2-4,6-10H,1H3. The van der Waals surface area contributed by atoms with Crippen LogP contribution in [0.5, 0.6) is 5.75 Å². The third-order valence-electron chi connectivity index (χ3n) is 1.98. The van der Waals surface area contributed by atoms with Gasteiger partial charge in [0.2, 0.25) is 0 Å². The Bertz CT molecular complexity index is 426. The van der Waals surface area contributed by atoms with Gasteiger partial charge in [-0.25, -0.2) is 0 Å². The first kappa shape index (κ1) is 10.1. The molecule has 0 aliphatic rings. The van der Waals surface area contributed by atoms with Gasteiger partial charge in [-0.2, -0.15) is 0 Å². The molecule has 2 rings (SSSR count). The van der Waals surface area contributed by atoms with E-state index in [9.17, 15) is 0 Å². The van der Waals surface area contributed by atoms with Crippen molar-refractivity contribution in [2.45, 2.75) is 9.79 Å². The van der Waals surface area contributed by atoms with Crippen molar-refractivity contribution in [1.29, 1.82) is 0 Å². The van der Waals surface area contributed by atoms with Crippen LogP contribution in [0.25, 0.3) is 0 Å². The molecule has 0 unspecified atom stereocenters. The highest BCUT2D eigenvalue weighted by Crippen LogP contribution is 2.33. The topological polar surface area (TPSA) is 9.23 Å². The second-order valence-corrected chi connectivity index (χ2v) is 4.11. The average molecular weight is 215 g/mol. The fourth-order valence-corrected chi connectivity index (χ4v) is 2.19. The van der Waals surface area contributed by atoms with Crippen molar-refractivity contribution in [3.8, 4) is 5.75 Å². The third kappa shape index (κ3) is 2.54. The molecule has 1 radical (unpaired) electrons. The lowest BCUT2D eigenvalue weighted by molar-refractivity contribution is 0.404. The van der Waals surface area contributed by atoms with E-state index < -0.39 is 0 Å². The first-order chi connectivity index (χ1) is 7.40. The number of hydrogen-bond donors (Lipinski definition) is 0. The van der Waals surface area contributed by atoms with Gasteiger partial charge in [0.1, 0.15) is 5.75 Å². The van der Waals surface area contributed by atoms with Gasteiger partial charge in [0.05, 0.1) is 12.0 Å². The molecule has 2 heteroatoms. The predicted molar refractivity (Wildman–Crippen MR) is 62.4 cm³/mol. The SMILES string of the molecule is COc1c[c]ccc1Sc1ccccc1. The molecule has 0 atom stereocenters. The number of hydrogen-bond acceptors (Lipinski definition) is 2. The Balaban J connectivity index is 2.24. The van der Waals surface area contributed by atoms with E-state index in [-0.39, 0.29) is 0 Å². The molecule has 0 saturated heterocycles. The molecule has 2 aromatic rings. The largest absolute Gasteiger partial charge is 0.496 e. The summed E-state index contributed by atoms with van der Waals surface area (Å²) in [6.07, 6.45) is 0. The molecule has 0 aliphatic carbocycles. The van der Waals surface area contributed by atoms with E-state index in [1.165, 1.54) is 4.90 Å². The van der Waals surface area contributed by atoms with Gasteiger partial charge in [-0.1, -0.05) is 36.0 Å². The summed E-state index contributed by atoms with van der Waals surface area (Å²) in [5, 5.41) is 0. The molecule has 0 heterocycles. The van der Waals surface area contributed by atoms with Crippen molar-refractivity contribution < 1.29 is 4.74 Å². The zero-order valence-electron chi connectivity index (χ0n) is 8.44. The highest BCUT2D eigenvalue weighted by atomic mass is 32.2. The molecule has 75 valence electrons. The van der Waals surface area contributed by atoms with Gasteiger partial charge in [0, 0.05) is 4.90 Å². The summed E-state index contributed by atoms with van der Waals surface area (Å²) in [6, 6.07) is 19.0. The lowest BCUT2D eigenvalue weighted by Crippen LogP contribution is -1.85. The molecule has 0 saturated carbocycles. The van der Waals surface area contributed by atoms with E-state index in [1.54, 1.807) is 18.9 Å². The zero-order valence-corrected chi connectivity index (χ0v) is 9.25. The fraction of sp³-hybridized carbons (Fsp3) is 0.0769. The molecule has 0 aliphatic heterocycles. The summed E-state index contributed by atoms with van der Waals surface area (Å²) >= 11 is 1.69. The predicted octanol–water partition coefficient (Wildman–Crippen LogP) is 3.65. The molecule has 1 nitrogen and oxygen atoms in total. The van der Waals surface area contributed by atoms with E-state index in [4.69, 9.17) is 4.74 Å². The summed E-state index contributed by atoms with van der Waals surface area (Å²) in [5.41, 5.74) is 0. The Morgan fingerprint density at radius 3 is 2.67 bits per heavy atom. The van der Waals surface area contributed by atoms with Crippen LogP contribution >= 0.6 is 11.8 Å². The number of benzene rings is 2. The fourth-order valence-electron chi connectivity index (χ4n) is 1.26. The van der Waals surface area contributed by atoms with Crippen molar-refractivity contribution in [2.75, 3.05) is 7.11 Å². The van der Waals surface area contributed by atoms with Crippen LogP contribution in [0.3, 0.4) is 0 Å². The normalized spacial score (nSPS) is 9.93. The Kier molecular flexibility index (Phi) is 3.30. The average Bonchev–Trinajstić information content (AvgIpc) is 2.31. The first-order valence-electron chi connectivity index (χ1n) is 4.67. The summed E-state index contributed by atoms with van der Waals surface area (Å²) in [7, 11) is 1.68. The molecule has 0 amide bonds. The molecule has 0 bridgehead atoms. The van der Waals surface area contributed by atoms with Gasteiger partial charge in [-0.05, 0) is 30.3 Å². The van der Waals surface area contributed by atoms with Crippen molar-refractivity contribution >= 4 is 11.8 Å². The minimum atomic E-state index is 0.867. The summed E-state index contributed by atoms with van der Waals surface area (Å²) in [5.74, 6) is 0.867. The minimum absolute atomic E-state index is 0.867. The van der Waals surface area contributed by atoms with Gasteiger partial charge in [0.25, 0.3) is 0 Å². The van der Waals surface area contributed by atoms with Crippen LogP contribution in [-0.2, 0) is 0 Å². The number of rotatable bonds is 3. The molecule has 0 aromatic heterocycles. The van der Waals surface area contributed by atoms with Crippen LogP contribution in [0, 0.1) is 6.07 Å². The number of methoxy groups -OCH3 is 1. The minimum Gasteiger partial charge on any atom is -0.496 e. The lowest BCUT2D eigenvalue weighted by atomic mass is 10.3. The molecule has 0 fully saturated rings. The maximum absolute atomic E-state index is 5.27. The summed E-state index contributed by atoms with van der Waals surface area (Å²) in [4.78, 5) is 2.32. The Morgan fingerprint density at radius 1 is 1.13 bits per heavy atom. The van der Waals surface area contributed by atoms with E-state index >= 15 is 0 Å². The van der Waals surface area contributed by atoms with Gasteiger partial charge in [-0.15, -0.1) is 0 Å². The highest BCUT2D eigenvalue weighted by molar-refractivity contribution is 7.99. The van der Waals surface area contributed by atoms with E-state index in [0.29, 0.717) is 0 Å². The Labute approximate surface area is 94.1 Å². The summed E-state index contributed by atoms with van der Waals surface area (Å²) in [6.45, 7) is 0. The second-order valence-electron chi connectivity index (χ2n) is 2.99. The second kappa shape index (κ2) is 4.89. The zero-order chi connectivity index (χ0) is 10.5. The molecular formula is C13H11OS. The van der Waals surface area contributed by atoms with E-state index in [1.807, 2.05) is 36.4 Å². The van der Waals surface area contributed by atoms with Crippen LogP contribution < -0.4 is 4.74 Å². The van der Waals surface area contributed by atoms with Gasteiger partial charge in [-0.3, -0.25) is 0 Å². The van der Waals surface area contributed by atoms with Crippen LogP contribution in [0.1, 0.15) is 0 Å². The van der Waals surface area contributed by atoms with Gasteiger partial charge >= 0.3 is 0 Å². The van der Waals surface area contributed by atoms with Crippen LogP contribution in [-0.4, -0.2) is 7.11 Å². The quantitative estimate of drug-likeness (QED) is 0.773. The van der Waals surface area contributed by atoms with Crippen molar-refractivity contribution in [3.05, 3.63) is 54.6 Å².